The molecule has 0 radical (unpaired) electrons. The third-order valence-corrected chi connectivity index (χ3v) is 6.01. The van der Waals surface area contributed by atoms with Crippen molar-refractivity contribution in [3.63, 3.8) is 0 Å². The molecule has 0 aliphatic carbocycles. The average molecular weight is 595 g/mol. The number of carboxylic acids is 1. The smallest absolute Gasteiger partial charge is 0.344 e. The maximum absolute atomic E-state index is 13.2. The van der Waals surface area contributed by atoms with Gasteiger partial charge in [-0.2, -0.15) is 9.78 Å². The first-order chi connectivity index (χ1) is 16.2. The topological polar surface area (TPSA) is 103 Å². The van der Waals surface area contributed by atoms with Crippen LogP contribution in [0.5, 0.6) is 11.5 Å². The molecular formula is C24H25Br2N3O5. The first-order valence-electron chi connectivity index (χ1n) is 10.9. The number of hydrogen-bond acceptors (Lipinski definition) is 6. The summed E-state index contributed by atoms with van der Waals surface area (Å²) in [7, 11) is 0. The summed E-state index contributed by atoms with van der Waals surface area (Å²) in [6.45, 7) is 5.69. The number of hydrogen-bond donors (Lipinski definition) is 1. The largest absolute Gasteiger partial charge is 0.490 e. The Morgan fingerprint density at radius 1 is 1.26 bits per heavy atom. The van der Waals surface area contributed by atoms with E-state index in [1.807, 2.05) is 19.1 Å². The van der Waals surface area contributed by atoms with Gasteiger partial charge in [-0.1, -0.05) is 29.3 Å². The summed E-state index contributed by atoms with van der Waals surface area (Å²) in [5.74, 6) is 0.143. The van der Waals surface area contributed by atoms with Gasteiger partial charge in [0.15, 0.2) is 17.6 Å². The summed E-state index contributed by atoms with van der Waals surface area (Å²) in [4.78, 5) is 29.1. The number of aliphatic carboxylic acids is 1. The predicted octanol–water partition coefficient (Wildman–Crippen LogP) is 5.40. The number of carbonyl (C=O) groups is 1. The van der Waals surface area contributed by atoms with Crippen molar-refractivity contribution in [2.24, 2.45) is 5.10 Å². The lowest BCUT2D eigenvalue weighted by atomic mass is 10.2. The van der Waals surface area contributed by atoms with Crippen molar-refractivity contribution in [1.82, 2.24) is 9.66 Å². The van der Waals surface area contributed by atoms with Crippen LogP contribution in [-0.2, 0) is 11.2 Å². The Morgan fingerprint density at radius 3 is 2.71 bits per heavy atom. The molecule has 1 atom stereocenters. The van der Waals surface area contributed by atoms with Crippen LogP contribution in [0.4, 0.5) is 0 Å². The highest BCUT2D eigenvalue weighted by molar-refractivity contribution is 9.10. The fraction of sp³-hybridized carbons (Fsp3) is 0.333. The molecule has 1 heterocycles. The van der Waals surface area contributed by atoms with E-state index in [0.717, 1.165) is 17.3 Å². The van der Waals surface area contributed by atoms with Gasteiger partial charge in [-0.25, -0.2) is 9.78 Å². The van der Waals surface area contributed by atoms with E-state index < -0.39 is 12.1 Å². The first kappa shape index (κ1) is 25.9. The van der Waals surface area contributed by atoms with Crippen LogP contribution in [0.1, 0.15) is 45.0 Å². The molecule has 0 saturated heterocycles. The number of fused-ring (bicyclic) bond motifs is 1. The summed E-state index contributed by atoms with van der Waals surface area (Å²) < 4.78 is 13.9. The summed E-state index contributed by atoms with van der Waals surface area (Å²) in [6.07, 6.45) is 2.93. The van der Waals surface area contributed by atoms with E-state index >= 15 is 0 Å². The Bertz CT molecular complexity index is 1290. The first-order valence-corrected chi connectivity index (χ1v) is 12.4. The van der Waals surface area contributed by atoms with Crippen molar-refractivity contribution in [2.45, 2.75) is 46.1 Å². The fourth-order valence-corrected chi connectivity index (χ4v) is 4.12. The molecule has 0 amide bonds. The third kappa shape index (κ3) is 6.04. The van der Waals surface area contributed by atoms with Gasteiger partial charge in [-0.05, 0) is 72.1 Å². The number of benzene rings is 2. The highest BCUT2D eigenvalue weighted by Crippen LogP contribution is 2.37. The maximum atomic E-state index is 13.2. The summed E-state index contributed by atoms with van der Waals surface area (Å²) in [5, 5.41) is 14.1. The standard InChI is InChI=1S/C24H25Br2N3O5/c1-4-6-7-21-28-19-9-8-16(25)12-17(19)23(30)29(21)27-13-15-10-18(26)22(20(11-15)33-5-2)34-14(3)24(31)32/h8-14H,4-7H2,1-3H3,(H,31,32)/t14-/m1/s1. The van der Waals surface area contributed by atoms with Gasteiger partial charge < -0.3 is 14.6 Å². The Morgan fingerprint density at radius 2 is 2.03 bits per heavy atom. The van der Waals surface area contributed by atoms with E-state index in [1.54, 1.807) is 24.4 Å². The molecule has 0 spiro atoms. The molecular weight excluding hydrogens is 570 g/mol. The van der Waals surface area contributed by atoms with Gasteiger partial charge in [0.25, 0.3) is 5.56 Å². The van der Waals surface area contributed by atoms with Crippen molar-refractivity contribution in [3.8, 4) is 11.5 Å². The van der Waals surface area contributed by atoms with Gasteiger partial charge in [-0.15, -0.1) is 0 Å². The second kappa shape index (κ2) is 11.6. The second-order valence-electron chi connectivity index (χ2n) is 7.52. The molecule has 10 heteroatoms. The molecule has 0 fully saturated rings. The maximum Gasteiger partial charge on any atom is 0.344 e. The minimum atomic E-state index is -1.09. The van der Waals surface area contributed by atoms with Crippen molar-refractivity contribution in [2.75, 3.05) is 6.61 Å². The number of ether oxygens (including phenoxy) is 2. The Kier molecular flexibility index (Phi) is 8.84. The normalized spacial score (nSPS) is 12.3. The van der Waals surface area contributed by atoms with Gasteiger partial charge in [-0.3, -0.25) is 4.79 Å². The number of nitrogens with zero attached hydrogens (tertiary/aromatic N) is 3. The van der Waals surface area contributed by atoms with Crippen molar-refractivity contribution < 1.29 is 19.4 Å². The van der Waals surface area contributed by atoms with Crippen LogP contribution in [-0.4, -0.2) is 39.7 Å². The van der Waals surface area contributed by atoms with E-state index in [0.29, 0.717) is 45.5 Å². The summed E-state index contributed by atoms with van der Waals surface area (Å²) >= 11 is 6.84. The lowest BCUT2D eigenvalue weighted by Crippen LogP contribution is -2.23. The number of unbranched alkanes of at least 4 members (excludes halogenated alkanes) is 1. The van der Waals surface area contributed by atoms with Crippen LogP contribution in [0.15, 0.2) is 49.2 Å². The zero-order valence-electron chi connectivity index (χ0n) is 19.0. The molecule has 1 aromatic heterocycles. The lowest BCUT2D eigenvalue weighted by molar-refractivity contribution is -0.144. The van der Waals surface area contributed by atoms with E-state index in [4.69, 9.17) is 9.47 Å². The lowest BCUT2D eigenvalue weighted by Gasteiger charge is -2.17. The van der Waals surface area contributed by atoms with Gasteiger partial charge in [0.05, 0.1) is 28.2 Å². The zero-order valence-corrected chi connectivity index (χ0v) is 22.2. The summed E-state index contributed by atoms with van der Waals surface area (Å²) in [6, 6.07) is 8.81. The molecule has 0 aliphatic heterocycles. The number of halogens is 2. The molecule has 8 nitrogen and oxygen atoms in total. The SMILES string of the molecule is CCCCc1nc2ccc(Br)cc2c(=O)n1N=Cc1cc(Br)c(O[C@H](C)C(=O)O)c(OCC)c1. The zero-order chi connectivity index (χ0) is 24.8. The van der Waals surface area contributed by atoms with Gasteiger partial charge in [0.1, 0.15) is 5.82 Å². The van der Waals surface area contributed by atoms with E-state index in [-0.39, 0.29) is 11.3 Å². The number of rotatable bonds is 10. The van der Waals surface area contributed by atoms with Gasteiger partial charge in [0, 0.05) is 10.9 Å². The monoisotopic (exact) mass is 593 g/mol. The number of carboxylic acid groups (broad SMARTS) is 1. The quantitative estimate of drug-likeness (QED) is 0.315. The Hall–Kier alpha value is -2.72. The molecule has 3 rings (SSSR count). The molecule has 0 saturated carbocycles. The number of aromatic nitrogens is 2. The van der Waals surface area contributed by atoms with E-state index in [2.05, 4.69) is 48.9 Å². The molecule has 34 heavy (non-hydrogen) atoms. The van der Waals surface area contributed by atoms with Crippen molar-refractivity contribution in [3.05, 3.63) is 61.0 Å². The van der Waals surface area contributed by atoms with Crippen LogP contribution in [0.3, 0.4) is 0 Å². The van der Waals surface area contributed by atoms with Crippen molar-refractivity contribution >= 4 is 54.9 Å². The third-order valence-electron chi connectivity index (χ3n) is 4.93. The van der Waals surface area contributed by atoms with Crippen LogP contribution < -0.4 is 15.0 Å². The minimum absolute atomic E-state index is 0.256. The molecule has 3 aromatic rings. The average Bonchev–Trinajstić information content (AvgIpc) is 2.79. The predicted molar refractivity (Wildman–Crippen MR) is 138 cm³/mol. The molecule has 0 unspecified atom stereocenters. The molecule has 2 aromatic carbocycles. The molecule has 0 bridgehead atoms. The van der Waals surface area contributed by atoms with E-state index in [9.17, 15) is 14.7 Å². The summed E-state index contributed by atoms with van der Waals surface area (Å²) in [5.41, 5.74) is 1.00. The minimum Gasteiger partial charge on any atom is -0.490 e. The highest BCUT2D eigenvalue weighted by atomic mass is 79.9. The van der Waals surface area contributed by atoms with E-state index in [1.165, 1.54) is 11.6 Å². The van der Waals surface area contributed by atoms with Crippen LogP contribution in [0.2, 0.25) is 0 Å². The van der Waals surface area contributed by atoms with Crippen LogP contribution in [0.25, 0.3) is 10.9 Å². The van der Waals surface area contributed by atoms with Crippen molar-refractivity contribution in [1.29, 1.82) is 0 Å². The Balaban J connectivity index is 2.07. The van der Waals surface area contributed by atoms with Crippen LogP contribution >= 0.6 is 31.9 Å². The highest BCUT2D eigenvalue weighted by Gasteiger charge is 2.19. The van der Waals surface area contributed by atoms with Crippen LogP contribution in [0, 0.1) is 0 Å². The van der Waals surface area contributed by atoms with Gasteiger partial charge in [0.2, 0.25) is 0 Å². The number of aryl methyl sites for hydroxylation is 1. The van der Waals surface area contributed by atoms with Gasteiger partial charge >= 0.3 is 5.97 Å². The molecule has 180 valence electrons. The second-order valence-corrected chi connectivity index (χ2v) is 9.29. The fourth-order valence-electron chi connectivity index (χ4n) is 3.20. The molecule has 1 N–H and O–H groups in total. The molecule has 0 aliphatic rings. The Labute approximate surface area is 213 Å².